The van der Waals surface area contributed by atoms with Gasteiger partial charge in [-0.3, -0.25) is 9.69 Å². The molecule has 0 bridgehead atoms. The van der Waals surface area contributed by atoms with Crippen molar-refractivity contribution in [3.05, 3.63) is 42.3 Å². The molecule has 0 spiro atoms. The Bertz CT molecular complexity index is 634. The summed E-state index contributed by atoms with van der Waals surface area (Å²) in [6.45, 7) is 3.84. The van der Waals surface area contributed by atoms with Gasteiger partial charge in [-0.05, 0) is 12.1 Å². The van der Waals surface area contributed by atoms with E-state index in [1.54, 1.807) is 6.26 Å². The van der Waals surface area contributed by atoms with Crippen molar-refractivity contribution in [3.63, 3.8) is 0 Å². The first-order valence-corrected chi connectivity index (χ1v) is 7.87. The summed E-state index contributed by atoms with van der Waals surface area (Å²) < 4.78 is 5.47. The number of benzene rings is 1. The van der Waals surface area contributed by atoms with E-state index in [1.807, 2.05) is 35.2 Å². The molecular formula is C17H21N3O3. The van der Waals surface area contributed by atoms with Gasteiger partial charge in [-0.1, -0.05) is 18.2 Å². The number of piperazine rings is 1. The molecular weight excluding hydrogens is 294 g/mol. The number of nitrogens with zero attached hydrogens (tertiary/aromatic N) is 3. The number of carbonyl (C=O) groups is 1. The second-order valence-corrected chi connectivity index (χ2v) is 5.63. The molecule has 1 fully saturated rings. The first-order chi connectivity index (χ1) is 11.3. The van der Waals surface area contributed by atoms with Crippen molar-refractivity contribution in [2.45, 2.75) is 6.42 Å². The van der Waals surface area contributed by atoms with Gasteiger partial charge < -0.3 is 14.4 Å². The molecule has 0 radical (unpaired) electrons. The Hall–Kier alpha value is -2.18. The highest BCUT2D eigenvalue weighted by Gasteiger charge is 2.21. The summed E-state index contributed by atoms with van der Waals surface area (Å²) in [6, 6.07) is 9.65. The van der Waals surface area contributed by atoms with E-state index < -0.39 is 0 Å². The summed E-state index contributed by atoms with van der Waals surface area (Å²) in [5.41, 5.74) is 1.57. The number of aromatic nitrogens is 1. The van der Waals surface area contributed by atoms with Crippen molar-refractivity contribution in [1.82, 2.24) is 14.8 Å². The van der Waals surface area contributed by atoms with Crippen LogP contribution in [0.25, 0.3) is 11.5 Å². The van der Waals surface area contributed by atoms with Gasteiger partial charge in [-0.15, -0.1) is 0 Å². The molecule has 1 aliphatic rings. The fourth-order valence-corrected chi connectivity index (χ4v) is 2.73. The fourth-order valence-electron chi connectivity index (χ4n) is 2.73. The van der Waals surface area contributed by atoms with Gasteiger partial charge in [0.05, 0.1) is 18.7 Å². The summed E-state index contributed by atoms with van der Waals surface area (Å²) in [5, 5.41) is 8.94. The number of β-amino-alcohol motifs (C(OH)–C–C–N with tert-alkyl or cyclic N) is 1. The van der Waals surface area contributed by atoms with E-state index in [9.17, 15) is 4.79 Å². The quantitative estimate of drug-likeness (QED) is 0.892. The number of hydrogen-bond donors (Lipinski definition) is 1. The van der Waals surface area contributed by atoms with Crippen LogP contribution in [0.15, 0.2) is 41.0 Å². The predicted molar refractivity (Wildman–Crippen MR) is 85.7 cm³/mol. The van der Waals surface area contributed by atoms with Crippen molar-refractivity contribution < 1.29 is 14.3 Å². The highest BCUT2D eigenvalue weighted by Crippen LogP contribution is 2.18. The molecule has 0 saturated carbocycles. The molecule has 1 aromatic heterocycles. The number of rotatable bonds is 5. The van der Waals surface area contributed by atoms with Gasteiger partial charge in [0.25, 0.3) is 0 Å². The number of carbonyl (C=O) groups excluding carboxylic acids is 1. The maximum Gasteiger partial charge on any atom is 0.228 e. The highest BCUT2D eigenvalue weighted by atomic mass is 16.3. The van der Waals surface area contributed by atoms with Gasteiger partial charge in [0.15, 0.2) is 0 Å². The molecule has 1 saturated heterocycles. The average Bonchev–Trinajstić information content (AvgIpc) is 3.05. The standard InChI is InChI=1S/C17H21N3O3/c21-11-10-19-6-8-20(9-7-19)16(22)12-15-13-23-17(18-15)14-4-2-1-3-5-14/h1-5,13,21H,6-12H2. The predicted octanol–water partition coefficient (Wildman–Crippen LogP) is 1.02. The molecule has 0 unspecified atom stereocenters. The first kappa shape index (κ1) is 15.7. The Morgan fingerprint density at radius 1 is 1.17 bits per heavy atom. The van der Waals surface area contributed by atoms with E-state index in [0.29, 0.717) is 31.2 Å². The van der Waals surface area contributed by atoms with E-state index >= 15 is 0 Å². The third-order valence-electron chi connectivity index (χ3n) is 4.05. The van der Waals surface area contributed by atoms with Crippen molar-refractivity contribution in [1.29, 1.82) is 0 Å². The molecule has 23 heavy (non-hydrogen) atoms. The van der Waals surface area contributed by atoms with Crippen LogP contribution in [-0.4, -0.2) is 65.1 Å². The van der Waals surface area contributed by atoms with Crippen LogP contribution in [-0.2, 0) is 11.2 Å². The lowest BCUT2D eigenvalue weighted by atomic mass is 10.2. The Morgan fingerprint density at radius 2 is 1.91 bits per heavy atom. The van der Waals surface area contributed by atoms with E-state index in [4.69, 9.17) is 9.52 Å². The Kier molecular flexibility index (Phi) is 5.05. The van der Waals surface area contributed by atoms with E-state index in [-0.39, 0.29) is 18.9 Å². The SMILES string of the molecule is O=C(Cc1coc(-c2ccccc2)n1)N1CCN(CCO)CC1. The number of hydrogen-bond acceptors (Lipinski definition) is 5. The van der Waals surface area contributed by atoms with Gasteiger partial charge in [-0.2, -0.15) is 0 Å². The lowest BCUT2D eigenvalue weighted by Crippen LogP contribution is -2.49. The van der Waals surface area contributed by atoms with Crippen molar-refractivity contribution in [3.8, 4) is 11.5 Å². The lowest BCUT2D eigenvalue weighted by Gasteiger charge is -2.34. The van der Waals surface area contributed by atoms with Crippen LogP contribution in [0.1, 0.15) is 5.69 Å². The third-order valence-corrected chi connectivity index (χ3v) is 4.05. The minimum absolute atomic E-state index is 0.0709. The first-order valence-electron chi connectivity index (χ1n) is 7.87. The van der Waals surface area contributed by atoms with Gasteiger partial charge >= 0.3 is 0 Å². The molecule has 0 atom stereocenters. The zero-order valence-electron chi connectivity index (χ0n) is 13.0. The molecule has 1 aliphatic heterocycles. The lowest BCUT2D eigenvalue weighted by molar-refractivity contribution is -0.132. The zero-order chi connectivity index (χ0) is 16.1. The Labute approximate surface area is 135 Å². The largest absolute Gasteiger partial charge is 0.444 e. The second kappa shape index (κ2) is 7.39. The Balaban J connectivity index is 1.56. The second-order valence-electron chi connectivity index (χ2n) is 5.63. The maximum absolute atomic E-state index is 12.4. The van der Waals surface area contributed by atoms with Gasteiger partial charge in [0.1, 0.15) is 6.26 Å². The van der Waals surface area contributed by atoms with Crippen LogP contribution in [0, 0.1) is 0 Å². The minimum atomic E-state index is 0.0709. The highest BCUT2D eigenvalue weighted by molar-refractivity contribution is 5.78. The number of aliphatic hydroxyl groups excluding tert-OH is 1. The minimum Gasteiger partial charge on any atom is -0.444 e. The van der Waals surface area contributed by atoms with E-state index in [1.165, 1.54) is 0 Å². The zero-order valence-corrected chi connectivity index (χ0v) is 13.0. The van der Waals surface area contributed by atoms with Crippen molar-refractivity contribution >= 4 is 5.91 Å². The average molecular weight is 315 g/mol. The molecule has 6 nitrogen and oxygen atoms in total. The topological polar surface area (TPSA) is 69.8 Å². The van der Waals surface area contributed by atoms with Crippen LogP contribution in [0.3, 0.4) is 0 Å². The third kappa shape index (κ3) is 3.97. The van der Waals surface area contributed by atoms with Gasteiger partial charge in [-0.25, -0.2) is 4.98 Å². The van der Waals surface area contributed by atoms with Gasteiger partial charge in [0.2, 0.25) is 11.8 Å². The summed E-state index contributed by atoms with van der Waals surface area (Å²) in [5.74, 6) is 0.614. The summed E-state index contributed by atoms with van der Waals surface area (Å²) in [6.07, 6.45) is 1.82. The molecule has 1 amide bonds. The molecule has 6 heteroatoms. The number of amides is 1. The van der Waals surface area contributed by atoms with Gasteiger partial charge in [0, 0.05) is 38.3 Å². The summed E-state index contributed by atoms with van der Waals surface area (Å²) in [7, 11) is 0. The smallest absolute Gasteiger partial charge is 0.228 e. The summed E-state index contributed by atoms with van der Waals surface area (Å²) >= 11 is 0. The molecule has 3 rings (SSSR count). The maximum atomic E-state index is 12.4. The van der Waals surface area contributed by atoms with Crippen LogP contribution in [0.5, 0.6) is 0 Å². The molecule has 2 aromatic rings. The number of aliphatic hydroxyl groups is 1. The van der Waals surface area contributed by atoms with E-state index in [2.05, 4.69) is 9.88 Å². The van der Waals surface area contributed by atoms with Crippen molar-refractivity contribution in [2.75, 3.05) is 39.3 Å². The molecule has 1 N–H and O–H groups in total. The Morgan fingerprint density at radius 3 is 2.61 bits per heavy atom. The number of oxazole rings is 1. The van der Waals surface area contributed by atoms with Crippen LogP contribution in [0.4, 0.5) is 0 Å². The normalized spacial score (nSPS) is 15.8. The molecule has 122 valence electrons. The monoisotopic (exact) mass is 315 g/mol. The molecule has 0 aliphatic carbocycles. The van der Waals surface area contributed by atoms with Crippen LogP contribution >= 0.6 is 0 Å². The van der Waals surface area contributed by atoms with E-state index in [0.717, 1.165) is 18.7 Å². The van der Waals surface area contributed by atoms with Crippen LogP contribution in [0.2, 0.25) is 0 Å². The van der Waals surface area contributed by atoms with Crippen LogP contribution < -0.4 is 0 Å². The summed E-state index contributed by atoms with van der Waals surface area (Å²) in [4.78, 5) is 20.8. The molecule has 1 aromatic carbocycles. The fraction of sp³-hybridized carbons (Fsp3) is 0.412. The van der Waals surface area contributed by atoms with Crippen molar-refractivity contribution in [2.24, 2.45) is 0 Å². The molecule has 2 heterocycles.